The highest BCUT2D eigenvalue weighted by Crippen LogP contribution is 2.21. The fourth-order valence-electron chi connectivity index (χ4n) is 1.93. The summed E-state index contributed by atoms with van der Waals surface area (Å²) in [6.45, 7) is 5.50. The number of hydrogen-bond acceptors (Lipinski definition) is 2. The molecule has 0 heterocycles. The number of carboxylic acids is 1. The molecule has 0 saturated heterocycles. The van der Waals surface area contributed by atoms with Gasteiger partial charge in [-0.15, -0.1) is 0 Å². The molecule has 0 bridgehead atoms. The van der Waals surface area contributed by atoms with Crippen molar-refractivity contribution in [2.24, 2.45) is 5.92 Å². The number of aliphatic carboxylic acids is 1. The second-order valence-corrected chi connectivity index (χ2v) is 6.20. The van der Waals surface area contributed by atoms with Crippen LogP contribution in [-0.2, 0) is 9.59 Å². The Kier molecular flexibility index (Phi) is 6.20. The summed E-state index contributed by atoms with van der Waals surface area (Å²) in [5, 5.41) is 11.6. The molecular weight excluding hydrogens is 322 g/mol. The fourth-order valence-corrected chi connectivity index (χ4v) is 2.20. The minimum atomic E-state index is -0.996. The van der Waals surface area contributed by atoms with Crippen LogP contribution < -0.4 is 5.32 Å². The van der Waals surface area contributed by atoms with Crippen molar-refractivity contribution in [3.63, 3.8) is 0 Å². The molecule has 0 aliphatic heterocycles. The van der Waals surface area contributed by atoms with Crippen LogP contribution in [0.2, 0.25) is 0 Å². The number of halogens is 1. The van der Waals surface area contributed by atoms with Crippen LogP contribution in [0.25, 0.3) is 0 Å². The molecule has 5 heteroatoms. The maximum Gasteiger partial charge on any atom is 0.326 e. The summed E-state index contributed by atoms with van der Waals surface area (Å²) in [6, 6.07) is 6.94. The molecule has 1 rings (SSSR count). The number of nitrogens with one attached hydrogen (secondary N) is 1. The van der Waals surface area contributed by atoms with E-state index in [-0.39, 0.29) is 24.2 Å². The van der Waals surface area contributed by atoms with Gasteiger partial charge in [0.1, 0.15) is 6.04 Å². The third-order valence-corrected chi connectivity index (χ3v) is 3.71. The van der Waals surface area contributed by atoms with E-state index in [1.165, 1.54) is 0 Å². The second-order valence-electron chi connectivity index (χ2n) is 5.28. The molecule has 2 N–H and O–H groups in total. The van der Waals surface area contributed by atoms with Gasteiger partial charge in [0, 0.05) is 10.9 Å². The van der Waals surface area contributed by atoms with Gasteiger partial charge in [0.15, 0.2) is 0 Å². The van der Waals surface area contributed by atoms with Gasteiger partial charge in [-0.1, -0.05) is 48.8 Å². The maximum absolute atomic E-state index is 11.9. The molecule has 0 aliphatic rings. The lowest BCUT2D eigenvalue weighted by molar-refractivity contribution is -0.143. The molecule has 0 radical (unpaired) electrons. The molecule has 2 unspecified atom stereocenters. The van der Waals surface area contributed by atoms with E-state index in [0.29, 0.717) is 0 Å². The zero-order valence-electron chi connectivity index (χ0n) is 11.9. The van der Waals surface area contributed by atoms with Crippen LogP contribution in [0.1, 0.15) is 38.7 Å². The van der Waals surface area contributed by atoms with E-state index in [9.17, 15) is 9.59 Å². The van der Waals surface area contributed by atoms with Gasteiger partial charge in [-0.05, 0) is 29.5 Å². The Hall–Kier alpha value is -1.36. The van der Waals surface area contributed by atoms with Gasteiger partial charge in [-0.3, -0.25) is 4.79 Å². The Morgan fingerprint density at radius 1 is 1.20 bits per heavy atom. The summed E-state index contributed by atoms with van der Waals surface area (Å²) in [5.74, 6) is -1.32. The van der Waals surface area contributed by atoms with Crippen molar-refractivity contribution in [3.05, 3.63) is 34.3 Å². The normalized spacial score (nSPS) is 13.8. The molecule has 1 aromatic rings. The van der Waals surface area contributed by atoms with Crippen molar-refractivity contribution in [1.82, 2.24) is 5.32 Å². The Labute approximate surface area is 127 Å². The summed E-state index contributed by atoms with van der Waals surface area (Å²) < 4.78 is 0.989. The number of hydrogen-bond donors (Lipinski definition) is 2. The first-order chi connectivity index (χ1) is 9.31. The molecule has 0 aliphatic carbocycles. The molecule has 2 atom stereocenters. The third kappa shape index (κ3) is 4.96. The summed E-state index contributed by atoms with van der Waals surface area (Å²) in [6.07, 6.45) is 0.276. The van der Waals surface area contributed by atoms with Gasteiger partial charge in [-0.25, -0.2) is 4.79 Å². The monoisotopic (exact) mass is 341 g/mol. The molecule has 0 saturated carbocycles. The van der Waals surface area contributed by atoms with Crippen molar-refractivity contribution < 1.29 is 14.7 Å². The Balaban J connectivity index is 2.61. The molecule has 0 aromatic heterocycles. The molecular formula is C15H20BrNO3. The van der Waals surface area contributed by atoms with Gasteiger partial charge in [0.2, 0.25) is 5.91 Å². The quantitative estimate of drug-likeness (QED) is 0.835. The van der Waals surface area contributed by atoms with Crippen molar-refractivity contribution in [2.75, 3.05) is 0 Å². The molecule has 4 nitrogen and oxygen atoms in total. The average molecular weight is 342 g/mol. The van der Waals surface area contributed by atoms with Crippen LogP contribution in [-0.4, -0.2) is 23.0 Å². The number of carboxylic acid groups (broad SMARTS) is 1. The number of benzene rings is 1. The standard InChI is InChI=1S/C15H20BrNO3/c1-9(2)14(15(19)20)17-13(18)8-10(3)11-4-6-12(16)7-5-11/h4-7,9-10,14H,8H2,1-3H3,(H,17,18)(H,19,20). The molecule has 0 fully saturated rings. The largest absolute Gasteiger partial charge is 0.480 e. The molecule has 1 amide bonds. The summed E-state index contributed by atoms with van der Waals surface area (Å²) >= 11 is 3.37. The Morgan fingerprint density at radius 2 is 1.75 bits per heavy atom. The van der Waals surface area contributed by atoms with Gasteiger partial charge in [0.25, 0.3) is 0 Å². The first-order valence-corrected chi connectivity index (χ1v) is 7.38. The van der Waals surface area contributed by atoms with Crippen LogP contribution in [0.15, 0.2) is 28.7 Å². The van der Waals surface area contributed by atoms with E-state index in [4.69, 9.17) is 5.11 Å². The van der Waals surface area contributed by atoms with Crippen molar-refractivity contribution in [2.45, 2.75) is 39.2 Å². The molecule has 110 valence electrons. The average Bonchev–Trinajstić information content (AvgIpc) is 2.35. The van der Waals surface area contributed by atoms with Crippen LogP contribution in [0.5, 0.6) is 0 Å². The smallest absolute Gasteiger partial charge is 0.326 e. The topological polar surface area (TPSA) is 66.4 Å². The lowest BCUT2D eigenvalue weighted by atomic mass is 9.97. The third-order valence-electron chi connectivity index (χ3n) is 3.18. The highest BCUT2D eigenvalue weighted by atomic mass is 79.9. The summed E-state index contributed by atoms with van der Waals surface area (Å²) in [7, 11) is 0. The predicted octanol–water partition coefficient (Wildman–Crippen LogP) is 3.17. The lowest BCUT2D eigenvalue weighted by Crippen LogP contribution is -2.44. The fraction of sp³-hybridized carbons (Fsp3) is 0.467. The minimum absolute atomic E-state index is 0.0460. The Morgan fingerprint density at radius 3 is 2.20 bits per heavy atom. The highest BCUT2D eigenvalue weighted by Gasteiger charge is 2.24. The zero-order chi connectivity index (χ0) is 15.3. The first kappa shape index (κ1) is 16.7. The second kappa shape index (κ2) is 7.43. The SMILES string of the molecule is CC(CC(=O)NC(C(=O)O)C(C)C)c1ccc(Br)cc1. The van der Waals surface area contributed by atoms with E-state index in [2.05, 4.69) is 21.2 Å². The van der Waals surface area contributed by atoms with E-state index >= 15 is 0 Å². The van der Waals surface area contributed by atoms with Gasteiger partial charge in [-0.2, -0.15) is 0 Å². The number of rotatable bonds is 6. The molecule has 1 aromatic carbocycles. The lowest BCUT2D eigenvalue weighted by Gasteiger charge is -2.19. The van der Waals surface area contributed by atoms with Gasteiger partial charge < -0.3 is 10.4 Å². The summed E-state index contributed by atoms with van der Waals surface area (Å²) in [4.78, 5) is 23.0. The maximum atomic E-state index is 11.9. The van der Waals surface area contributed by atoms with Crippen molar-refractivity contribution in [1.29, 1.82) is 0 Å². The van der Waals surface area contributed by atoms with E-state index in [1.807, 2.05) is 31.2 Å². The predicted molar refractivity (Wildman–Crippen MR) is 81.6 cm³/mol. The van der Waals surface area contributed by atoms with E-state index in [1.54, 1.807) is 13.8 Å². The van der Waals surface area contributed by atoms with Crippen LogP contribution in [0, 0.1) is 5.92 Å². The number of carbonyl (C=O) groups excluding carboxylic acids is 1. The molecule has 20 heavy (non-hydrogen) atoms. The summed E-state index contributed by atoms with van der Waals surface area (Å²) in [5.41, 5.74) is 1.06. The van der Waals surface area contributed by atoms with Crippen LogP contribution in [0.3, 0.4) is 0 Å². The zero-order valence-corrected chi connectivity index (χ0v) is 13.5. The van der Waals surface area contributed by atoms with Crippen molar-refractivity contribution in [3.8, 4) is 0 Å². The van der Waals surface area contributed by atoms with Crippen LogP contribution in [0.4, 0.5) is 0 Å². The van der Waals surface area contributed by atoms with Gasteiger partial charge >= 0.3 is 5.97 Å². The number of amides is 1. The molecule has 0 spiro atoms. The van der Waals surface area contributed by atoms with E-state index in [0.717, 1.165) is 10.0 Å². The van der Waals surface area contributed by atoms with Gasteiger partial charge in [0.05, 0.1) is 0 Å². The Bertz CT molecular complexity index is 471. The van der Waals surface area contributed by atoms with Crippen molar-refractivity contribution >= 4 is 27.8 Å². The highest BCUT2D eigenvalue weighted by molar-refractivity contribution is 9.10. The minimum Gasteiger partial charge on any atom is -0.480 e. The van der Waals surface area contributed by atoms with Crippen LogP contribution >= 0.6 is 15.9 Å². The van der Waals surface area contributed by atoms with E-state index < -0.39 is 12.0 Å². The number of carbonyl (C=O) groups is 2. The first-order valence-electron chi connectivity index (χ1n) is 6.59.